The molecule has 3 N–H and O–H groups in total. The van der Waals surface area contributed by atoms with Gasteiger partial charge in [-0.1, -0.05) is 44.2 Å². The summed E-state index contributed by atoms with van der Waals surface area (Å²) in [6, 6.07) is 15.4. The summed E-state index contributed by atoms with van der Waals surface area (Å²) < 4.78 is 0. The Morgan fingerprint density at radius 2 is 1.96 bits per heavy atom. The maximum absolute atomic E-state index is 7.49. The Balaban J connectivity index is 1.83. The van der Waals surface area contributed by atoms with E-state index in [4.69, 9.17) is 11.1 Å². The fourth-order valence-corrected chi connectivity index (χ4v) is 3.47. The summed E-state index contributed by atoms with van der Waals surface area (Å²) in [4.78, 5) is 2.46. The van der Waals surface area contributed by atoms with Gasteiger partial charge in [0.25, 0.3) is 0 Å². The molecule has 3 nitrogen and oxygen atoms in total. The van der Waals surface area contributed by atoms with Crippen LogP contribution in [0.3, 0.4) is 0 Å². The Bertz CT molecular complexity index is 772. The van der Waals surface area contributed by atoms with Crippen molar-refractivity contribution in [1.82, 2.24) is 0 Å². The van der Waals surface area contributed by atoms with E-state index in [1.165, 1.54) is 34.8 Å². The summed E-state index contributed by atoms with van der Waals surface area (Å²) in [5.41, 5.74) is 12.8. The minimum absolute atomic E-state index is 0.571. The molecule has 0 saturated heterocycles. The summed E-state index contributed by atoms with van der Waals surface area (Å²) in [6.07, 6.45) is 5.07. The number of nitrogens with two attached hydrogens (primary N) is 1. The molecule has 1 aliphatic heterocycles. The third-order valence-corrected chi connectivity index (χ3v) is 4.98. The van der Waals surface area contributed by atoms with Gasteiger partial charge in [-0.15, -0.1) is 0 Å². The molecule has 0 aliphatic carbocycles. The van der Waals surface area contributed by atoms with Crippen molar-refractivity contribution in [2.45, 2.75) is 39.2 Å². The van der Waals surface area contributed by atoms with Gasteiger partial charge in [0, 0.05) is 36.8 Å². The zero-order valence-electron chi connectivity index (χ0n) is 15.1. The van der Waals surface area contributed by atoms with E-state index < -0.39 is 0 Å². The van der Waals surface area contributed by atoms with Crippen LogP contribution in [-0.4, -0.2) is 12.8 Å². The Morgan fingerprint density at radius 3 is 2.60 bits per heavy atom. The molecule has 25 heavy (non-hydrogen) atoms. The molecule has 3 rings (SSSR count). The van der Waals surface area contributed by atoms with Gasteiger partial charge in [0.1, 0.15) is 0 Å². The summed E-state index contributed by atoms with van der Waals surface area (Å²) in [5, 5.41) is 7.49. The average molecular weight is 333 g/mol. The van der Waals surface area contributed by atoms with Gasteiger partial charge in [0.15, 0.2) is 0 Å². The first-order valence-electron chi connectivity index (χ1n) is 9.02. The lowest BCUT2D eigenvalue weighted by atomic mass is 9.96. The first-order valence-corrected chi connectivity index (χ1v) is 9.02. The van der Waals surface area contributed by atoms with Crippen LogP contribution in [0.2, 0.25) is 0 Å². The number of fused-ring (bicyclic) bond motifs is 1. The molecular formula is C22H27N3. The van der Waals surface area contributed by atoms with Crippen LogP contribution in [0.4, 0.5) is 5.69 Å². The molecule has 0 bridgehead atoms. The third kappa shape index (κ3) is 3.76. The molecule has 2 aromatic rings. The van der Waals surface area contributed by atoms with Gasteiger partial charge in [-0.25, -0.2) is 0 Å². The van der Waals surface area contributed by atoms with Crippen molar-refractivity contribution < 1.29 is 0 Å². The normalized spacial score (nSPS) is 14.5. The van der Waals surface area contributed by atoms with Gasteiger partial charge in [-0.3, -0.25) is 0 Å². The summed E-state index contributed by atoms with van der Waals surface area (Å²) in [6.45, 7) is 6.48. The Kier molecular flexibility index (Phi) is 5.22. The van der Waals surface area contributed by atoms with Crippen LogP contribution < -0.4 is 10.6 Å². The standard InChI is InChI=1S/C22H27N3/c1-16(2)18-7-5-17(6-8-18)15-25-11-3-4-20-12-19(9-10-22(20)25)21(13-23)14-24/h5-10,12-14,16,23H,3-4,11,15,24H2,1-2H3/b21-14+,23-13?. The minimum Gasteiger partial charge on any atom is -0.404 e. The molecule has 0 saturated carbocycles. The summed E-state index contributed by atoms with van der Waals surface area (Å²) in [7, 11) is 0. The molecule has 3 heteroatoms. The van der Waals surface area contributed by atoms with Crippen LogP contribution in [0.5, 0.6) is 0 Å². The van der Waals surface area contributed by atoms with Gasteiger partial charge < -0.3 is 16.0 Å². The van der Waals surface area contributed by atoms with Crippen LogP contribution in [0.1, 0.15) is 48.4 Å². The van der Waals surface area contributed by atoms with Crippen molar-refractivity contribution in [3.63, 3.8) is 0 Å². The molecule has 0 unspecified atom stereocenters. The number of hydrogen-bond acceptors (Lipinski definition) is 3. The maximum Gasteiger partial charge on any atom is 0.0429 e. The van der Waals surface area contributed by atoms with Gasteiger partial charge in [-0.05, 0) is 53.1 Å². The number of allylic oxidation sites excluding steroid dienone is 1. The third-order valence-electron chi connectivity index (χ3n) is 4.98. The molecule has 2 aromatic carbocycles. The minimum atomic E-state index is 0.571. The Hall–Kier alpha value is -2.55. The van der Waals surface area contributed by atoms with Crippen molar-refractivity contribution in [3.8, 4) is 0 Å². The van der Waals surface area contributed by atoms with Crippen molar-refractivity contribution in [3.05, 3.63) is 70.9 Å². The molecule has 0 atom stereocenters. The fraction of sp³-hybridized carbons (Fsp3) is 0.318. The van der Waals surface area contributed by atoms with E-state index in [9.17, 15) is 0 Å². The lowest BCUT2D eigenvalue weighted by molar-refractivity contribution is 0.691. The Morgan fingerprint density at radius 1 is 1.20 bits per heavy atom. The smallest absolute Gasteiger partial charge is 0.0429 e. The lowest BCUT2D eigenvalue weighted by Crippen LogP contribution is -2.28. The van der Waals surface area contributed by atoms with Gasteiger partial charge in [-0.2, -0.15) is 0 Å². The number of anilines is 1. The maximum atomic E-state index is 7.49. The number of aryl methyl sites for hydroxylation is 1. The number of nitrogens with one attached hydrogen (secondary N) is 1. The van der Waals surface area contributed by atoms with E-state index in [1.54, 1.807) is 0 Å². The number of rotatable bonds is 5. The van der Waals surface area contributed by atoms with Gasteiger partial charge >= 0.3 is 0 Å². The quantitative estimate of drug-likeness (QED) is 0.778. The van der Waals surface area contributed by atoms with Crippen LogP contribution in [0.15, 0.2) is 48.7 Å². The van der Waals surface area contributed by atoms with Crippen molar-refractivity contribution >= 4 is 17.5 Å². The topological polar surface area (TPSA) is 53.1 Å². The highest BCUT2D eigenvalue weighted by atomic mass is 15.1. The van der Waals surface area contributed by atoms with Crippen molar-refractivity contribution in [2.75, 3.05) is 11.4 Å². The molecule has 0 aromatic heterocycles. The van der Waals surface area contributed by atoms with Crippen LogP contribution in [0, 0.1) is 5.41 Å². The summed E-state index contributed by atoms with van der Waals surface area (Å²) in [5.74, 6) is 0.571. The zero-order valence-corrected chi connectivity index (χ0v) is 15.1. The second kappa shape index (κ2) is 7.56. The van der Waals surface area contributed by atoms with Crippen LogP contribution in [0.25, 0.3) is 5.57 Å². The number of hydrogen-bond donors (Lipinski definition) is 2. The molecule has 0 radical (unpaired) electrons. The monoisotopic (exact) mass is 333 g/mol. The van der Waals surface area contributed by atoms with Gasteiger partial charge in [0.05, 0.1) is 0 Å². The molecule has 0 fully saturated rings. The summed E-state index contributed by atoms with van der Waals surface area (Å²) >= 11 is 0. The van der Waals surface area contributed by atoms with Gasteiger partial charge in [0.2, 0.25) is 0 Å². The first kappa shape index (κ1) is 17.3. The van der Waals surface area contributed by atoms with E-state index in [1.807, 2.05) is 0 Å². The Labute approximate surface area is 150 Å². The van der Waals surface area contributed by atoms with E-state index in [0.717, 1.165) is 37.1 Å². The SMILES string of the molecule is CC(C)c1ccc(CN2CCCc3cc(/C(C=N)=C/N)ccc32)cc1. The predicted octanol–water partition coefficient (Wildman–Crippen LogP) is 4.71. The van der Waals surface area contributed by atoms with Crippen molar-refractivity contribution in [1.29, 1.82) is 5.41 Å². The molecule has 0 spiro atoms. The highest BCUT2D eigenvalue weighted by Crippen LogP contribution is 2.31. The van der Waals surface area contributed by atoms with E-state index in [0.29, 0.717) is 5.92 Å². The number of benzene rings is 2. The average Bonchev–Trinajstić information content (AvgIpc) is 2.63. The number of nitrogens with zero attached hydrogens (tertiary/aromatic N) is 1. The molecule has 0 amide bonds. The van der Waals surface area contributed by atoms with E-state index in [2.05, 4.69) is 61.2 Å². The fourth-order valence-electron chi connectivity index (χ4n) is 3.47. The molecule has 1 heterocycles. The molecule has 1 aliphatic rings. The van der Waals surface area contributed by atoms with E-state index in [-0.39, 0.29) is 0 Å². The predicted molar refractivity (Wildman–Crippen MR) is 107 cm³/mol. The lowest BCUT2D eigenvalue weighted by Gasteiger charge is -2.32. The highest BCUT2D eigenvalue weighted by Gasteiger charge is 2.18. The van der Waals surface area contributed by atoms with Crippen LogP contribution >= 0.6 is 0 Å². The van der Waals surface area contributed by atoms with Crippen molar-refractivity contribution in [2.24, 2.45) is 5.73 Å². The largest absolute Gasteiger partial charge is 0.404 e. The first-order chi connectivity index (χ1) is 12.1. The van der Waals surface area contributed by atoms with Crippen LogP contribution in [-0.2, 0) is 13.0 Å². The molecular weight excluding hydrogens is 306 g/mol. The molecule has 130 valence electrons. The second-order valence-corrected chi connectivity index (χ2v) is 7.03. The zero-order chi connectivity index (χ0) is 17.8. The second-order valence-electron chi connectivity index (χ2n) is 7.03. The highest BCUT2D eigenvalue weighted by molar-refractivity contribution is 6.08. The van der Waals surface area contributed by atoms with E-state index >= 15 is 0 Å².